The third-order valence-electron chi connectivity index (χ3n) is 8.26. The normalized spacial score (nSPS) is 15.2. The van der Waals surface area contributed by atoms with E-state index in [4.69, 9.17) is 9.47 Å². The van der Waals surface area contributed by atoms with E-state index in [1.54, 1.807) is 38.7 Å². The van der Waals surface area contributed by atoms with Gasteiger partial charge in [-0.3, -0.25) is 4.79 Å². The first-order valence-corrected chi connectivity index (χ1v) is 14.2. The molecule has 0 saturated heterocycles. The average Bonchev–Trinajstić information content (AvgIpc) is 3.36. The first kappa shape index (κ1) is 29.7. The van der Waals surface area contributed by atoms with Crippen LogP contribution in [0.5, 0.6) is 5.75 Å². The van der Waals surface area contributed by atoms with Crippen molar-refractivity contribution in [3.63, 3.8) is 0 Å². The lowest BCUT2D eigenvalue weighted by Gasteiger charge is -2.31. The highest BCUT2D eigenvalue weighted by atomic mass is 19.1. The highest BCUT2D eigenvalue weighted by molar-refractivity contribution is 5.95. The second-order valence-corrected chi connectivity index (χ2v) is 12.4. The number of carbonyl (C=O) groups excluding carboxylic acids is 1. The minimum atomic E-state index is -1.34. The zero-order valence-electron chi connectivity index (χ0n) is 25.2. The van der Waals surface area contributed by atoms with Crippen LogP contribution in [0.3, 0.4) is 0 Å². The van der Waals surface area contributed by atoms with Gasteiger partial charge < -0.3 is 19.5 Å². The quantitative estimate of drug-likeness (QED) is 0.345. The van der Waals surface area contributed by atoms with E-state index in [-0.39, 0.29) is 30.3 Å². The van der Waals surface area contributed by atoms with Gasteiger partial charge in [-0.1, -0.05) is 0 Å². The van der Waals surface area contributed by atoms with Gasteiger partial charge in [0.2, 0.25) is 0 Å². The number of nitrogens with zero attached hydrogens (tertiary/aromatic N) is 1. The molecule has 0 fully saturated rings. The van der Waals surface area contributed by atoms with Crippen molar-refractivity contribution in [3.05, 3.63) is 86.0 Å². The summed E-state index contributed by atoms with van der Waals surface area (Å²) in [5.41, 5.74) is 6.50. The summed E-state index contributed by atoms with van der Waals surface area (Å²) in [5, 5.41) is 10.5. The van der Waals surface area contributed by atoms with Gasteiger partial charge in [-0.15, -0.1) is 0 Å². The second kappa shape index (κ2) is 10.8. The second-order valence-electron chi connectivity index (χ2n) is 12.4. The lowest BCUT2D eigenvalue weighted by molar-refractivity contribution is -0.160. The van der Waals surface area contributed by atoms with Gasteiger partial charge in [-0.25, -0.2) is 13.6 Å². The fraction of sp³-hybridized carbons (Fsp3) is 0.412. The van der Waals surface area contributed by atoms with Crippen molar-refractivity contribution < 1.29 is 33.0 Å². The van der Waals surface area contributed by atoms with E-state index in [1.807, 2.05) is 20.8 Å². The van der Waals surface area contributed by atoms with Crippen molar-refractivity contribution in [2.45, 2.75) is 86.1 Å². The predicted molar refractivity (Wildman–Crippen MR) is 156 cm³/mol. The maximum absolute atomic E-state index is 15.5. The zero-order valence-corrected chi connectivity index (χ0v) is 25.2. The Kier molecular flexibility index (Phi) is 7.64. The number of rotatable bonds is 5. The Morgan fingerprint density at radius 3 is 2.24 bits per heavy atom. The Hall–Kier alpha value is -3.78. The summed E-state index contributed by atoms with van der Waals surface area (Å²) >= 11 is 0. The number of ether oxygens (including phenoxy) is 2. The Balaban J connectivity index is 1.74. The largest absolute Gasteiger partial charge is 0.490 e. The monoisotopic (exact) mass is 577 g/mol. The van der Waals surface area contributed by atoms with Crippen LogP contribution in [-0.2, 0) is 29.0 Å². The Bertz CT molecular complexity index is 1600. The summed E-state index contributed by atoms with van der Waals surface area (Å²) in [6, 6.07) is 5.69. The van der Waals surface area contributed by atoms with Crippen LogP contribution in [0.4, 0.5) is 8.78 Å². The first-order chi connectivity index (χ1) is 19.7. The number of aryl methyl sites for hydroxylation is 1. The summed E-state index contributed by atoms with van der Waals surface area (Å²) < 4.78 is 41.5. The number of amides is 1. The minimum Gasteiger partial charge on any atom is -0.490 e. The number of halogens is 2. The molecule has 222 valence electrons. The lowest BCUT2D eigenvalue weighted by atomic mass is 9.81. The molecule has 2 heterocycles. The fourth-order valence-corrected chi connectivity index (χ4v) is 6.39. The van der Waals surface area contributed by atoms with Gasteiger partial charge in [-0.2, -0.15) is 0 Å². The molecule has 0 radical (unpaired) electrons. The SMILES string of the molecule is Cc1cc(F)cc(C(=O)N2Cc3c(C)c(-c4cc(F)c5c(c4C)CCCO5)c([C@H](OC(C)(C)C)C(=O)O)c(C)c3C2)c1. The van der Waals surface area contributed by atoms with Crippen LogP contribution in [0.1, 0.15) is 88.2 Å². The minimum absolute atomic E-state index is 0.233. The molecule has 5 rings (SSSR count). The topological polar surface area (TPSA) is 76.1 Å². The average molecular weight is 578 g/mol. The van der Waals surface area contributed by atoms with Gasteiger partial charge in [-0.05, 0) is 130 Å². The Labute approximate surface area is 245 Å². The van der Waals surface area contributed by atoms with Crippen molar-refractivity contribution in [2.24, 2.45) is 0 Å². The number of benzene rings is 3. The highest BCUT2D eigenvalue weighted by Crippen LogP contribution is 2.47. The summed E-state index contributed by atoms with van der Waals surface area (Å²) in [6.07, 6.45) is 0.0719. The molecule has 3 aromatic carbocycles. The number of carbonyl (C=O) groups is 2. The molecular formula is C34H37F2NO5. The van der Waals surface area contributed by atoms with Gasteiger partial charge in [0.05, 0.1) is 12.2 Å². The van der Waals surface area contributed by atoms with E-state index in [9.17, 15) is 19.1 Å². The van der Waals surface area contributed by atoms with Crippen LogP contribution in [0.15, 0.2) is 24.3 Å². The van der Waals surface area contributed by atoms with E-state index >= 15 is 4.39 Å². The molecule has 0 aromatic heterocycles. The maximum atomic E-state index is 15.5. The van der Waals surface area contributed by atoms with Gasteiger partial charge in [0.1, 0.15) is 5.82 Å². The number of hydrogen-bond donors (Lipinski definition) is 1. The third kappa shape index (κ3) is 5.28. The first-order valence-electron chi connectivity index (χ1n) is 14.2. The molecule has 1 N–H and O–H groups in total. The number of carboxylic acid groups (broad SMARTS) is 1. The van der Waals surface area contributed by atoms with E-state index in [0.29, 0.717) is 40.8 Å². The van der Waals surface area contributed by atoms with Gasteiger partial charge in [0, 0.05) is 29.8 Å². The molecule has 6 nitrogen and oxygen atoms in total. The highest BCUT2D eigenvalue weighted by Gasteiger charge is 2.37. The Morgan fingerprint density at radius 2 is 1.62 bits per heavy atom. The van der Waals surface area contributed by atoms with Gasteiger partial charge in [0.15, 0.2) is 17.7 Å². The number of carboxylic acids is 1. The van der Waals surface area contributed by atoms with E-state index in [2.05, 4.69) is 0 Å². The third-order valence-corrected chi connectivity index (χ3v) is 8.26. The fourth-order valence-electron chi connectivity index (χ4n) is 6.39. The van der Waals surface area contributed by atoms with Crippen molar-refractivity contribution in [2.75, 3.05) is 6.61 Å². The van der Waals surface area contributed by atoms with Crippen LogP contribution in [0, 0.1) is 39.3 Å². The predicted octanol–water partition coefficient (Wildman–Crippen LogP) is 7.29. The van der Waals surface area contributed by atoms with Crippen LogP contribution < -0.4 is 4.74 Å². The van der Waals surface area contributed by atoms with E-state index in [0.717, 1.165) is 34.2 Å². The standard InChI is InChI=1S/C34H37F2NO5/c1-17-11-21(13-22(35)12-17)32(38)37-15-25-19(3)28(24-14-27(36)30-23(18(24)2)9-8-10-41-30)29(20(4)26(25)16-37)31(33(39)40)42-34(5,6)7/h11-14,31H,8-10,15-16H2,1-7H3,(H,39,40)/t31-/m0/s1. The van der Waals surface area contributed by atoms with Gasteiger partial charge in [0.25, 0.3) is 5.91 Å². The van der Waals surface area contributed by atoms with Crippen molar-refractivity contribution in [3.8, 4) is 16.9 Å². The molecule has 0 aliphatic carbocycles. The van der Waals surface area contributed by atoms with Gasteiger partial charge >= 0.3 is 5.97 Å². The van der Waals surface area contributed by atoms with Crippen LogP contribution in [0.25, 0.3) is 11.1 Å². The molecule has 0 unspecified atom stereocenters. The van der Waals surface area contributed by atoms with Crippen LogP contribution >= 0.6 is 0 Å². The molecule has 0 bridgehead atoms. The lowest BCUT2D eigenvalue weighted by Crippen LogP contribution is -2.29. The molecule has 2 aliphatic heterocycles. The summed E-state index contributed by atoms with van der Waals surface area (Å²) in [6.45, 7) is 13.7. The molecular weight excluding hydrogens is 540 g/mol. The molecule has 3 aromatic rings. The zero-order chi connectivity index (χ0) is 30.7. The molecule has 1 atom stereocenters. The smallest absolute Gasteiger partial charge is 0.337 e. The molecule has 8 heteroatoms. The number of fused-ring (bicyclic) bond motifs is 2. The van der Waals surface area contributed by atoms with Crippen LogP contribution in [0.2, 0.25) is 0 Å². The molecule has 42 heavy (non-hydrogen) atoms. The summed E-state index contributed by atoms with van der Waals surface area (Å²) in [4.78, 5) is 28.0. The molecule has 0 spiro atoms. The Morgan fingerprint density at radius 1 is 0.952 bits per heavy atom. The van der Waals surface area contributed by atoms with E-state index in [1.165, 1.54) is 18.2 Å². The maximum Gasteiger partial charge on any atom is 0.337 e. The summed E-state index contributed by atoms with van der Waals surface area (Å²) in [7, 11) is 0. The molecule has 2 aliphatic rings. The number of hydrogen-bond acceptors (Lipinski definition) is 4. The number of aliphatic carboxylic acids is 1. The molecule has 0 saturated carbocycles. The van der Waals surface area contributed by atoms with Crippen molar-refractivity contribution in [1.82, 2.24) is 4.90 Å². The molecule has 1 amide bonds. The summed E-state index contributed by atoms with van der Waals surface area (Å²) in [5.74, 6) is -2.19. The van der Waals surface area contributed by atoms with Crippen molar-refractivity contribution >= 4 is 11.9 Å². The van der Waals surface area contributed by atoms with E-state index < -0.39 is 29.3 Å². The van der Waals surface area contributed by atoms with Crippen LogP contribution in [-0.4, -0.2) is 34.1 Å². The van der Waals surface area contributed by atoms with Crippen molar-refractivity contribution in [1.29, 1.82) is 0 Å².